The molecule has 0 aliphatic carbocycles. The lowest BCUT2D eigenvalue weighted by Crippen LogP contribution is -2.48. The Morgan fingerprint density at radius 3 is 2.73 bits per heavy atom. The molecule has 1 fully saturated rings. The molecule has 80 valence electrons. The van der Waals surface area contributed by atoms with Crippen molar-refractivity contribution in [1.82, 2.24) is 5.32 Å². The highest BCUT2D eigenvalue weighted by Crippen LogP contribution is 2.29. The molecule has 1 aromatic carbocycles. The molecule has 1 aliphatic heterocycles. The number of halogens is 2. The molecule has 2 N–H and O–H groups in total. The van der Waals surface area contributed by atoms with Gasteiger partial charge in [-0.25, -0.2) is 0 Å². The Balaban J connectivity index is 2.09. The summed E-state index contributed by atoms with van der Waals surface area (Å²) in [4.78, 5) is 11.6. The maximum absolute atomic E-state index is 11.6. The lowest BCUT2D eigenvalue weighted by Gasteiger charge is -2.26. The number of hydrogen-bond acceptors (Lipinski definition) is 2. The van der Waals surface area contributed by atoms with Gasteiger partial charge in [0.05, 0.1) is 21.7 Å². The molecule has 2 rings (SSSR count). The van der Waals surface area contributed by atoms with E-state index in [1.165, 1.54) is 0 Å². The summed E-state index contributed by atoms with van der Waals surface area (Å²) in [5.74, 6) is 0.0259. The predicted molar refractivity (Wildman–Crippen MR) is 61.5 cm³/mol. The van der Waals surface area contributed by atoms with Gasteiger partial charge in [-0.05, 0) is 12.1 Å². The van der Waals surface area contributed by atoms with E-state index in [0.29, 0.717) is 15.7 Å². The molecule has 0 bridgehead atoms. The van der Waals surface area contributed by atoms with Gasteiger partial charge in [0.1, 0.15) is 0 Å². The largest absolute Gasteiger partial charge is 0.324 e. The molecular weight excluding hydrogens is 235 g/mol. The first-order chi connectivity index (χ1) is 7.18. The summed E-state index contributed by atoms with van der Waals surface area (Å²) in [6, 6.07) is 5.17. The Labute approximate surface area is 97.8 Å². The summed E-state index contributed by atoms with van der Waals surface area (Å²) < 4.78 is 0. The number of carbonyl (C=O) groups excluding carboxylic acids is 1. The van der Waals surface area contributed by atoms with Crippen LogP contribution in [0.2, 0.25) is 10.0 Å². The molecule has 0 aromatic heterocycles. The first-order valence-electron chi connectivity index (χ1n) is 4.64. The zero-order valence-corrected chi connectivity index (χ0v) is 9.40. The van der Waals surface area contributed by atoms with Crippen LogP contribution in [-0.2, 0) is 4.79 Å². The molecule has 1 aliphatic rings. The van der Waals surface area contributed by atoms with Crippen LogP contribution in [0.25, 0.3) is 0 Å². The van der Waals surface area contributed by atoms with E-state index in [9.17, 15) is 4.79 Å². The Morgan fingerprint density at radius 2 is 2.13 bits per heavy atom. The summed E-state index contributed by atoms with van der Waals surface area (Å²) in [6.45, 7) is 1.45. The normalized spacial score (nSPS) is 15.9. The summed E-state index contributed by atoms with van der Waals surface area (Å²) in [5.41, 5.74) is 0.570. The highest BCUT2D eigenvalue weighted by atomic mass is 35.5. The molecule has 3 nitrogen and oxygen atoms in total. The van der Waals surface area contributed by atoms with Crippen LogP contribution in [-0.4, -0.2) is 19.0 Å². The number of anilines is 1. The van der Waals surface area contributed by atoms with Crippen LogP contribution in [0, 0.1) is 5.92 Å². The zero-order valence-electron chi connectivity index (χ0n) is 7.89. The minimum atomic E-state index is -0.0158. The Hall–Kier alpha value is -0.770. The van der Waals surface area contributed by atoms with Crippen LogP contribution >= 0.6 is 23.2 Å². The Kier molecular flexibility index (Phi) is 3.14. The molecule has 15 heavy (non-hydrogen) atoms. The minimum absolute atomic E-state index is 0.0158. The summed E-state index contributed by atoms with van der Waals surface area (Å²) in [6.07, 6.45) is 0. The third-order valence-electron chi connectivity index (χ3n) is 2.36. The number of hydrogen-bond donors (Lipinski definition) is 2. The molecule has 0 radical (unpaired) electrons. The molecule has 5 heteroatoms. The van der Waals surface area contributed by atoms with Crippen LogP contribution in [0.1, 0.15) is 0 Å². The second-order valence-corrected chi connectivity index (χ2v) is 4.23. The first-order valence-corrected chi connectivity index (χ1v) is 5.39. The van der Waals surface area contributed by atoms with Crippen molar-refractivity contribution in [3.63, 3.8) is 0 Å². The average molecular weight is 245 g/mol. The molecule has 1 saturated heterocycles. The third kappa shape index (κ3) is 2.25. The molecule has 1 amide bonds. The number of benzene rings is 1. The van der Waals surface area contributed by atoms with Crippen molar-refractivity contribution in [2.75, 3.05) is 18.4 Å². The smallest absolute Gasteiger partial charge is 0.230 e. The van der Waals surface area contributed by atoms with E-state index >= 15 is 0 Å². The van der Waals surface area contributed by atoms with Gasteiger partial charge in [0.2, 0.25) is 5.91 Å². The number of rotatable bonds is 2. The highest BCUT2D eigenvalue weighted by molar-refractivity contribution is 6.44. The average Bonchev–Trinajstić information content (AvgIpc) is 2.10. The van der Waals surface area contributed by atoms with Gasteiger partial charge in [0.15, 0.2) is 0 Å². The summed E-state index contributed by atoms with van der Waals surface area (Å²) in [5, 5.41) is 6.63. The maximum Gasteiger partial charge on any atom is 0.230 e. The van der Waals surface area contributed by atoms with Crippen molar-refractivity contribution in [2.24, 2.45) is 5.92 Å². The summed E-state index contributed by atoms with van der Waals surface area (Å²) >= 11 is 11.8. The van der Waals surface area contributed by atoms with E-state index in [4.69, 9.17) is 23.2 Å². The molecule has 0 saturated carbocycles. The van der Waals surface area contributed by atoms with Crippen LogP contribution in [0.4, 0.5) is 5.69 Å². The van der Waals surface area contributed by atoms with Crippen molar-refractivity contribution in [3.05, 3.63) is 28.2 Å². The quantitative estimate of drug-likeness (QED) is 0.838. The van der Waals surface area contributed by atoms with Gasteiger partial charge in [0.25, 0.3) is 0 Å². The fourth-order valence-corrected chi connectivity index (χ4v) is 1.66. The SMILES string of the molecule is O=C(Nc1cccc(Cl)c1Cl)C1CNC1. The molecule has 0 spiro atoms. The monoisotopic (exact) mass is 244 g/mol. The third-order valence-corrected chi connectivity index (χ3v) is 3.18. The molecule has 0 atom stereocenters. The number of carbonyl (C=O) groups is 1. The number of amides is 1. The fraction of sp³-hybridized carbons (Fsp3) is 0.300. The Bertz CT molecular complexity index is 391. The van der Waals surface area contributed by atoms with Crippen LogP contribution in [0.3, 0.4) is 0 Å². The van der Waals surface area contributed by atoms with E-state index < -0.39 is 0 Å². The highest BCUT2D eigenvalue weighted by Gasteiger charge is 2.25. The molecule has 1 aromatic rings. The van der Waals surface area contributed by atoms with Gasteiger partial charge < -0.3 is 10.6 Å². The van der Waals surface area contributed by atoms with Crippen LogP contribution in [0.5, 0.6) is 0 Å². The van der Waals surface area contributed by atoms with E-state index in [0.717, 1.165) is 13.1 Å². The molecular formula is C10H10Cl2N2O. The zero-order chi connectivity index (χ0) is 10.8. The minimum Gasteiger partial charge on any atom is -0.324 e. The first kappa shape index (κ1) is 10.7. The van der Waals surface area contributed by atoms with E-state index in [2.05, 4.69) is 10.6 Å². The van der Waals surface area contributed by atoms with E-state index in [-0.39, 0.29) is 11.8 Å². The van der Waals surface area contributed by atoms with Crippen molar-refractivity contribution in [2.45, 2.75) is 0 Å². The van der Waals surface area contributed by atoms with Gasteiger partial charge in [-0.15, -0.1) is 0 Å². The second-order valence-electron chi connectivity index (χ2n) is 3.45. The lowest BCUT2D eigenvalue weighted by molar-refractivity contribution is -0.121. The Morgan fingerprint density at radius 1 is 1.40 bits per heavy atom. The van der Waals surface area contributed by atoms with Gasteiger partial charge in [0, 0.05) is 13.1 Å². The van der Waals surface area contributed by atoms with Gasteiger partial charge in [-0.3, -0.25) is 4.79 Å². The van der Waals surface area contributed by atoms with Crippen molar-refractivity contribution in [1.29, 1.82) is 0 Å². The van der Waals surface area contributed by atoms with Crippen LogP contribution in [0.15, 0.2) is 18.2 Å². The molecule has 1 heterocycles. The van der Waals surface area contributed by atoms with Gasteiger partial charge in [-0.1, -0.05) is 29.3 Å². The van der Waals surface area contributed by atoms with Crippen LogP contribution < -0.4 is 10.6 Å². The lowest BCUT2D eigenvalue weighted by atomic mass is 10.0. The topological polar surface area (TPSA) is 41.1 Å². The van der Waals surface area contributed by atoms with Crippen molar-refractivity contribution < 1.29 is 4.79 Å². The van der Waals surface area contributed by atoms with Gasteiger partial charge in [-0.2, -0.15) is 0 Å². The van der Waals surface area contributed by atoms with E-state index in [1.54, 1.807) is 18.2 Å². The van der Waals surface area contributed by atoms with Gasteiger partial charge >= 0.3 is 0 Å². The molecule has 0 unspecified atom stereocenters. The summed E-state index contributed by atoms with van der Waals surface area (Å²) in [7, 11) is 0. The number of nitrogens with one attached hydrogen (secondary N) is 2. The standard InChI is InChI=1S/C10H10Cl2N2O/c11-7-2-1-3-8(9(7)12)14-10(15)6-4-13-5-6/h1-3,6,13H,4-5H2,(H,14,15). The maximum atomic E-state index is 11.6. The fourth-order valence-electron chi connectivity index (χ4n) is 1.31. The van der Waals surface area contributed by atoms with Crippen molar-refractivity contribution >= 4 is 34.8 Å². The van der Waals surface area contributed by atoms with Crippen molar-refractivity contribution in [3.8, 4) is 0 Å². The predicted octanol–water partition coefficient (Wildman–Crippen LogP) is 2.15. The van der Waals surface area contributed by atoms with E-state index in [1.807, 2.05) is 0 Å². The second kappa shape index (κ2) is 4.39.